The smallest absolute Gasteiger partial charge is 0.164 e. The molecule has 0 amide bonds. The molecule has 0 unspecified atom stereocenters. The number of fused-ring (bicyclic) bond motifs is 6. The zero-order chi connectivity index (χ0) is 45.0. The van der Waals surface area contributed by atoms with Crippen molar-refractivity contribution in [1.82, 2.24) is 24.5 Å². The molecular formula is C62H39N5S. The van der Waals surface area contributed by atoms with E-state index in [-0.39, 0.29) is 0 Å². The van der Waals surface area contributed by atoms with Gasteiger partial charge in [-0.1, -0.05) is 194 Å². The molecule has 13 rings (SSSR count). The fraction of sp³-hybridized carbons (Fsp3) is 0. The average molecular weight is 886 g/mol. The molecule has 0 radical (unpaired) electrons. The molecule has 0 aliphatic rings. The zero-order valence-electron chi connectivity index (χ0n) is 36.7. The predicted octanol–water partition coefficient (Wildman–Crippen LogP) is 16.4. The van der Waals surface area contributed by atoms with Crippen molar-refractivity contribution in [3.8, 4) is 83.8 Å². The van der Waals surface area contributed by atoms with Crippen molar-refractivity contribution in [1.29, 1.82) is 0 Å². The Kier molecular flexibility index (Phi) is 9.62. The molecule has 318 valence electrons. The monoisotopic (exact) mass is 885 g/mol. The highest BCUT2D eigenvalue weighted by atomic mass is 32.1. The molecular weight excluding hydrogens is 847 g/mol. The van der Waals surface area contributed by atoms with Crippen molar-refractivity contribution in [2.75, 3.05) is 0 Å². The quantitative estimate of drug-likeness (QED) is 0.153. The van der Waals surface area contributed by atoms with E-state index < -0.39 is 0 Å². The molecule has 68 heavy (non-hydrogen) atoms. The molecule has 0 saturated heterocycles. The Morgan fingerprint density at radius 2 is 0.779 bits per heavy atom. The Labute approximate surface area is 397 Å². The van der Waals surface area contributed by atoms with Crippen LogP contribution in [0.3, 0.4) is 0 Å². The van der Waals surface area contributed by atoms with E-state index >= 15 is 0 Å². The second-order valence-corrected chi connectivity index (χ2v) is 18.0. The first-order valence-electron chi connectivity index (χ1n) is 22.8. The van der Waals surface area contributed by atoms with Crippen LogP contribution in [0, 0.1) is 0 Å². The summed E-state index contributed by atoms with van der Waals surface area (Å²) in [7, 11) is 0. The maximum Gasteiger partial charge on any atom is 0.164 e. The standard InChI is InChI=1S/C62H39N5S/c1-4-19-40(20-5-1)57-56-55(45-27-18-30-48(39-45)67-53-35-14-11-31-49(53)50-32-12-15-36-54(50)67)58(68-59(56)51-33-10-13-34-52(51)63-57)46-28-16-25-43(37-46)44-26-17-29-47(38-44)62-65-60(41-21-6-2-7-22-41)64-61(66-62)42-23-8-3-9-24-42/h1-39H. The van der Waals surface area contributed by atoms with E-state index in [4.69, 9.17) is 19.9 Å². The van der Waals surface area contributed by atoms with E-state index in [0.717, 1.165) is 72.2 Å². The summed E-state index contributed by atoms with van der Waals surface area (Å²) in [6.45, 7) is 0. The van der Waals surface area contributed by atoms with Crippen LogP contribution in [-0.4, -0.2) is 24.5 Å². The van der Waals surface area contributed by atoms with Crippen LogP contribution >= 0.6 is 11.3 Å². The summed E-state index contributed by atoms with van der Waals surface area (Å²) in [5, 5.41) is 4.77. The molecule has 0 aliphatic heterocycles. The van der Waals surface area contributed by atoms with Gasteiger partial charge in [-0.05, 0) is 64.7 Å². The van der Waals surface area contributed by atoms with Crippen LogP contribution in [0.2, 0.25) is 0 Å². The minimum absolute atomic E-state index is 0.624. The topological polar surface area (TPSA) is 56.5 Å². The molecule has 0 aliphatic carbocycles. The van der Waals surface area contributed by atoms with Gasteiger partial charge in [0.15, 0.2) is 17.5 Å². The number of aromatic nitrogens is 5. The average Bonchev–Trinajstić information content (AvgIpc) is 3.99. The van der Waals surface area contributed by atoms with Gasteiger partial charge < -0.3 is 4.57 Å². The van der Waals surface area contributed by atoms with Gasteiger partial charge in [-0.25, -0.2) is 19.9 Å². The van der Waals surface area contributed by atoms with Crippen LogP contribution in [-0.2, 0) is 0 Å². The summed E-state index contributed by atoms with van der Waals surface area (Å²) in [5.41, 5.74) is 14.9. The molecule has 5 nitrogen and oxygen atoms in total. The van der Waals surface area contributed by atoms with Crippen LogP contribution in [0.25, 0.3) is 127 Å². The zero-order valence-corrected chi connectivity index (χ0v) is 37.5. The highest BCUT2D eigenvalue weighted by Gasteiger charge is 2.24. The Morgan fingerprint density at radius 1 is 0.324 bits per heavy atom. The van der Waals surface area contributed by atoms with Crippen LogP contribution in [0.15, 0.2) is 237 Å². The lowest BCUT2D eigenvalue weighted by molar-refractivity contribution is 1.07. The first kappa shape index (κ1) is 39.5. The Balaban J connectivity index is 1.01. The maximum atomic E-state index is 5.46. The first-order chi connectivity index (χ1) is 33.7. The summed E-state index contributed by atoms with van der Waals surface area (Å²) in [5.74, 6) is 1.90. The van der Waals surface area contributed by atoms with Crippen LogP contribution in [0.1, 0.15) is 0 Å². The molecule has 13 aromatic rings. The number of rotatable bonds is 8. The lowest BCUT2D eigenvalue weighted by Gasteiger charge is -2.14. The van der Waals surface area contributed by atoms with E-state index in [0.29, 0.717) is 17.5 Å². The third kappa shape index (κ3) is 6.86. The summed E-state index contributed by atoms with van der Waals surface area (Å²) >= 11 is 1.85. The predicted molar refractivity (Wildman–Crippen MR) is 283 cm³/mol. The van der Waals surface area contributed by atoms with Crippen LogP contribution in [0.5, 0.6) is 0 Å². The fourth-order valence-electron chi connectivity index (χ4n) is 9.69. The molecule has 0 fully saturated rings. The molecule has 9 aromatic carbocycles. The fourth-order valence-corrected chi connectivity index (χ4v) is 11.0. The van der Waals surface area contributed by atoms with Crippen molar-refractivity contribution in [3.63, 3.8) is 0 Å². The minimum atomic E-state index is 0.624. The molecule has 0 saturated carbocycles. The molecule has 0 N–H and O–H groups in total. The second kappa shape index (κ2) is 16.5. The van der Waals surface area contributed by atoms with E-state index in [1.165, 1.54) is 36.9 Å². The Morgan fingerprint density at radius 3 is 1.41 bits per heavy atom. The van der Waals surface area contributed by atoms with Gasteiger partial charge in [-0.2, -0.15) is 0 Å². The number of thiophene rings is 1. The molecule has 0 atom stereocenters. The highest BCUT2D eigenvalue weighted by Crippen LogP contribution is 2.51. The Hall–Kier alpha value is -8.84. The van der Waals surface area contributed by atoms with Crippen molar-refractivity contribution >= 4 is 54.1 Å². The van der Waals surface area contributed by atoms with E-state index in [2.05, 4.69) is 180 Å². The third-order valence-electron chi connectivity index (χ3n) is 12.8. The van der Waals surface area contributed by atoms with Crippen molar-refractivity contribution < 1.29 is 0 Å². The van der Waals surface area contributed by atoms with Gasteiger partial charge in [-0.3, -0.25) is 0 Å². The number of para-hydroxylation sites is 3. The number of benzene rings is 9. The highest BCUT2D eigenvalue weighted by molar-refractivity contribution is 7.24. The molecule has 4 aromatic heterocycles. The normalized spacial score (nSPS) is 11.5. The minimum Gasteiger partial charge on any atom is -0.309 e. The molecule has 0 bridgehead atoms. The van der Waals surface area contributed by atoms with Crippen molar-refractivity contribution in [2.24, 2.45) is 0 Å². The van der Waals surface area contributed by atoms with Crippen molar-refractivity contribution in [2.45, 2.75) is 0 Å². The van der Waals surface area contributed by atoms with E-state index in [9.17, 15) is 0 Å². The second-order valence-electron chi connectivity index (χ2n) is 17.0. The maximum absolute atomic E-state index is 5.46. The molecule has 4 heterocycles. The summed E-state index contributed by atoms with van der Waals surface area (Å²) in [4.78, 5) is 21.7. The third-order valence-corrected chi connectivity index (χ3v) is 14.1. The number of pyridine rings is 1. The summed E-state index contributed by atoms with van der Waals surface area (Å²) < 4.78 is 3.62. The lowest BCUT2D eigenvalue weighted by atomic mass is 9.93. The van der Waals surface area contributed by atoms with Gasteiger partial charge in [0.25, 0.3) is 0 Å². The van der Waals surface area contributed by atoms with Gasteiger partial charge in [0, 0.05) is 64.6 Å². The lowest BCUT2D eigenvalue weighted by Crippen LogP contribution is -2.00. The molecule has 0 spiro atoms. The van der Waals surface area contributed by atoms with Crippen LogP contribution in [0.4, 0.5) is 0 Å². The largest absolute Gasteiger partial charge is 0.309 e. The Bertz CT molecular complexity index is 3920. The van der Waals surface area contributed by atoms with Crippen molar-refractivity contribution in [3.05, 3.63) is 237 Å². The van der Waals surface area contributed by atoms with Crippen LogP contribution < -0.4 is 0 Å². The number of hydrogen-bond donors (Lipinski definition) is 0. The summed E-state index contributed by atoms with van der Waals surface area (Å²) in [6.07, 6.45) is 0. The summed E-state index contributed by atoms with van der Waals surface area (Å²) in [6, 6.07) is 83.4. The van der Waals surface area contributed by atoms with Gasteiger partial charge in [0.1, 0.15) is 0 Å². The van der Waals surface area contributed by atoms with E-state index in [1.807, 2.05) is 72.0 Å². The van der Waals surface area contributed by atoms with Gasteiger partial charge >= 0.3 is 0 Å². The van der Waals surface area contributed by atoms with E-state index in [1.54, 1.807) is 0 Å². The molecule has 6 heteroatoms. The number of hydrogen-bond acceptors (Lipinski definition) is 5. The SMILES string of the molecule is c1ccc(-c2nc(-c3ccccc3)nc(-c3cccc(-c4cccc(-c5sc6c(c(-c7ccccc7)nc7ccccc76)c5-c5cccc(-n6c7ccccc7c7ccccc76)c5)c4)c3)n2)cc1. The number of nitrogens with zero attached hydrogens (tertiary/aromatic N) is 5. The van der Waals surface area contributed by atoms with Gasteiger partial charge in [0.05, 0.1) is 22.2 Å². The van der Waals surface area contributed by atoms with Gasteiger partial charge in [0.2, 0.25) is 0 Å². The van der Waals surface area contributed by atoms with Gasteiger partial charge in [-0.15, -0.1) is 11.3 Å². The first-order valence-corrected chi connectivity index (χ1v) is 23.6.